The van der Waals surface area contributed by atoms with E-state index in [1.165, 1.54) is 0 Å². The number of aliphatic hydroxyl groups excluding tert-OH is 1. The first-order valence-corrected chi connectivity index (χ1v) is 4.16. The van der Waals surface area contributed by atoms with Gasteiger partial charge in [-0.2, -0.15) is 0 Å². The number of aromatic nitrogens is 2. The summed E-state index contributed by atoms with van der Waals surface area (Å²) in [4.78, 5) is 8.33. The Balaban J connectivity index is 2.95. The second-order valence-corrected chi connectivity index (χ2v) is 2.64. The molecule has 5 N–H and O–H groups in total. The number of nitrogens with two attached hydrogens (primary N) is 2. The van der Waals surface area contributed by atoms with Gasteiger partial charge in [-0.1, -0.05) is 0 Å². The van der Waals surface area contributed by atoms with E-state index in [-0.39, 0.29) is 6.61 Å². The van der Waals surface area contributed by atoms with Gasteiger partial charge in [0.2, 0.25) is 0 Å². The number of hydrogen-bond acceptors (Lipinski definition) is 5. The Morgan fingerprint density at radius 3 is 2.54 bits per heavy atom. The number of nitrogens with zero attached hydrogens (tertiary/aromatic N) is 2. The minimum atomic E-state index is 0.0513. The van der Waals surface area contributed by atoms with Crippen LogP contribution in [0.15, 0.2) is 6.20 Å². The fraction of sp³-hybridized carbons (Fsp3) is 0.500. The van der Waals surface area contributed by atoms with Crippen LogP contribution in [0.5, 0.6) is 0 Å². The number of aliphatic hydroxyl groups is 1. The highest BCUT2D eigenvalue weighted by Crippen LogP contribution is 2.03. The third kappa shape index (κ3) is 2.45. The van der Waals surface area contributed by atoms with Gasteiger partial charge < -0.3 is 16.6 Å². The van der Waals surface area contributed by atoms with Gasteiger partial charge in [-0.15, -0.1) is 0 Å². The van der Waals surface area contributed by atoms with Crippen molar-refractivity contribution < 1.29 is 5.11 Å². The molecule has 72 valence electrons. The van der Waals surface area contributed by atoms with Gasteiger partial charge in [-0.3, -0.25) is 9.97 Å². The lowest BCUT2D eigenvalue weighted by Crippen LogP contribution is -2.11. The molecule has 0 aliphatic rings. The summed E-state index contributed by atoms with van der Waals surface area (Å²) in [5.41, 5.74) is 13.1. The van der Waals surface area contributed by atoms with Gasteiger partial charge in [-0.05, 0) is 0 Å². The molecule has 0 aromatic carbocycles. The van der Waals surface area contributed by atoms with Crippen molar-refractivity contribution in [1.82, 2.24) is 9.97 Å². The first-order valence-electron chi connectivity index (χ1n) is 4.16. The fourth-order valence-electron chi connectivity index (χ4n) is 1.07. The standard InChI is InChI=1S/C8H14N4O/c9-3-6-5-11-8(4-10)7(12-6)1-2-13/h5,13H,1-4,9-10H2. The molecule has 0 amide bonds. The predicted molar refractivity (Wildman–Crippen MR) is 48.6 cm³/mol. The second-order valence-electron chi connectivity index (χ2n) is 2.64. The van der Waals surface area contributed by atoms with E-state index in [4.69, 9.17) is 16.6 Å². The zero-order chi connectivity index (χ0) is 9.68. The van der Waals surface area contributed by atoms with E-state index in [1.807, 2.05) is 0 Å². The highest BCUT2D eigenvalue weighted by molar-refractivity contribution is 5.14. The lowest BCUT2D eigenvalue weighted by Gasteiger charge is -2.05. The van der Waals surface area contributed by atoms with Gasteiger partial charge in [0.1, 0.15) is 0 Å². The van der Waals surface area contributed by atoms with Crippen molar-refractivity contribution in [2.45, 2.75) is 19.5 Å². The molecule has 0 fully saturated rings. The van der Waals surface area contributed by atoms with Gasteiger partial charge in [0.05, 0.1) is 23.3 Å². The maximum absolute atomic E-state index is 8.76. The molecule has 0 unspecified atom stereocenters. The van der Waals surface area contributed by atoms with Gasteiger partial charge in [0.15, 0.2) is 0 Å². The Morgan fingerprint density at radius 2 is 2.00 bits per heavy atom. The van der Waals surface area contributed by atoms with Crippen LogP contribution in [0, 0.1) is 0 Å². The fourth-order valence-corrected chi connectivity index (χ4v) is 1.07. The third-order valence-corrected chi connectivity index (χ3v) is 1.73. The van der Waals surface area contributed by atoms with Crippen LogP contribution >= 0.6 is 0 Å². The molecular formula is C8H14N4O. The van der Waals surface area contributed by atoms with Crippen molar-refractivity contribution in [3.8, 4) is 0 Å². The van der Waals surface area contributed by atoms with E-state index >= 15 is 0 Å². The largest absolute Gasteiger partial charge is 0.396 e. The predicted octanol–water partition coefficient (Wildman–Crippen LogP) is -1.07. The van der Waals surface area contributed by atoms with E-state index in [0.717, 1.165) is 17.1 Å². The molecule has 0 spiro atoms. The van der Waals surface area contributed by atoms with Crippen LogP contribution in [0.2, 0.25) is 0 Å². The Bertz CT molecular complexity index is 277. The second kappa shape index (κ2) is 4.86. The minimum absolute atomic E-state index is 0.0513. The highest BCUT2D eigenvalue weighted by Gasteiger charge is 2.04. The summed E-state index contributed by atoms with van der Waals surface area (Å²) in [5, 5.41) is 8.76. The molecule has 0 aliphatic carbocycles. The maximum atomic E-state index is 8.76. The summed E-state index contributed by atoms with van der Waals surface area (Å²) < 4.78 is 0. The normalized spacial score (nSPS) is 10.4. The maximum Gasteiger partial charge on any atom is 0.0755 e. The molecule has 0 atom stereocenters. The lowest BCUT2D eigenvalue weighted by molar-refractivity contribution is 0.297. The molecule has 0 aliphatic heterocycles. The van der Waals surface area contributed by atoms with Crippen LogP contribution in [-0.2, 0) is 19.5 Å². The summed E-state index contributed by atoms with van der Waals surface area (Å²) in [6.07, 6.45) is 2.09. The Labute approximate surface area is 76.8 Å². The van der Waals surface area contributed by atoms with Crippen molar-refractivity contribution in [3.63, 3.8) is 0 Å². The molecule has 1 heterocycles. The quantitative estimate of drug-likeness (QED) is 0.550. The molecule has 1 rings (SSSR count). The molecule has 0 saturated heterocycles. The molecule has 1 aromatic heterocycles. The Hall–Kier alpha value is -1.04. The van der Waals surface area contributed by atoms with Crippen LogP contribution in [0.3, 0.4) is 0 Å². The topological polar surface area (TPSA) is 98.0 Å². The van der Waals surface area contributed by atoms with Crippen LogP contribution in [0.4, 0.5) is 0 Å². The van der Waals surface area contributed by atoms with E-state index < -0.39 is 0 Å². The van der Waals surface area contributed by atoms with E-state index in [9.17, 15) is 0 Å². The molecule has 0 bridgehead atoms. The molecule has 0 saturated carbocycles. The number of hydrogen-bond donors (Lipinski definition) is 3. The zero-order valence-corrected chi connectivity index (χ0v) is 7.40. The molecule has 5 heteroatoms. The molecular weight excluding hydrogens is 168 g/mol. The first kappa shape index (κ1) is 10.0. The molecule has 1 aromatic rings. The lowest BCUT2D eigenvalue weighted by atomic mass is 10.2. The van der Waals surface area contributed by atoms with Crippen LogP contribution in [0.1, 0.15) is 17.1 Å². The van der Waals surface area contributed by atoms with Crippen molar-refractivity contribution in [3.05, 3.63) is 23.3 Å². The summed E-state index contributed by atoms with van der Waals surface area (Å²) >= 11 is 0. The average Bonchev–Trinajstić information content (AvgIpc) is 2.18. The highest BCUT2D eigenvalue weighted by atomic mass is 16.3. The van der Waals surface area contributed by atoms with Gasteiger partial charge in [-0.25, -0.2) is 0 Å². The molecule has 13 heavy (non-hydrogen) atoms. The van der Waals surface area contributed by atoms with Gasteiger partial charge in [0, 0.05) is 26.1 Å². The van der Waals surface area contributed by atoms with Crippen LogP contribution in [-0.4, -0.2) is 21.7 Å². The summed E-state index contributed by atoms with van der Waals surface area (Å²) in [7, 11) is 0. The van der Waals surface area contributed by atoms with E-state index in [1.54, 1.807) is 6.20 Å². The Morgan fingerprint density at radius 1 is 1.23 bits per heavy atom. The molecule has 5 nitrogen and oxygen atoms in total. The summed E-state index contributed by atoms with van der Waals surface area (Å²) in [6.45, 7) is 0.749. The molecule has 0 radical (unpaired) electrons. The third-order valence-electron chi connectivity index (χ3n) is 1.73. The van der Waals surface area contributed by atoms with Gasteiger partial charge >= 0.3 is 0 Å². The van der Waals surface area contributed by atoms with Crippen molar-refractivity contribution in [1.29, 1.82) is 0 Å². The summed E-state index contributed by atoms with van der Waals surface area (Å²) in [5.74, 6) is 0. The first-order chi connectivity index (χ1) is 6.31. The Kier molecular flexibility index (Phi) is 3.75. The van der Waals surface area contributed by atoms with E-state index in [0.29, 0.717) is 19.5 Å². The monoisotopic (exact) mass is 182 g/mol. The van der Waals surface area contributed by atoms with Gasteiger partial charge in [0.25, 0.3) is 0 Å². The van der Waals surface area contributed by atoms with Crippen molar-refractivity contribution in [2.24, 2.45) is 11.5 Å². The van der Waals surface area contributed by atoms with E-state index in [2.05, 4.69) is 9.97 Å². The minimum Gasteiger partial charge on any atom is -0.396 e. The van der Waals surface area contributed by atoms with Crippen LogP contribution < -0.4 is 11.5 Å². The van der Waals surface area contributed by atoms with Crippen molar-refractivity contribution >= 4 is 0 Å². The van der Waals surface area contributed by atoms with Crippen LogP contribution in [0.25, 0.3) is 0 Å². The van der Waals surface area contributed by atoms with Crippen molar-refractivity contribution in [2.75, 3.05) is 6.61 Å². The number of rotatable bonds is 4. The average molecular weight is 182 g/mol. The smallest absolute Gasteiger partial charge is 0.0755 e. The zero-order valence-electron chi connectivity index (χ0n) is 7.40. The summed E-state index contributed by atoms with van der Waals surface area (Å²) in [6, 6.07) is 0. The SMILES string of the molecule is NCc1cnc(CN)c(CCO)n1.